The Balaban J connectivity index is 2.36. The van der Waals surface area contributed by atoms with Crippen LogP contribution in [-0.2, 0) is 9.84 Å². The fourth-order valence-corrected chi connectivity index (χ4v) is 4.02. The van der Waals surface area contributed by atoms with E-state index < -0.39 is 9.84 Å². The molecule has 2 nitrogen and oxygen atoms in total. The highest BCUT2D eigenvalue weighted by Crippen LogP contribution is 2.21. The SMILES string of the molecule is C=CCCCCCCCCS(=O)(=O)c1ccc(C(C)CC)cc1. The maximum atomic E-state index is 12.3. The third-order valence-corrected chi connectivity index (χ3v) is 6.31. The van der Waals surface area contributed by atoms with Gasteiger partial charge in [0, 0.05) is 0 Å². The number of hydrogen-bond donors (Lipinski definition) is 0. The summed E-state index contributed by atoms with van der Waals surface area (Å²) in [5, 5.41) is 0. The highest BCUT2D eigenvalue weighted by atomic mass is 32.2. The molecule has 1 atom stereocenters. The molecule has 0 aliphatic heterocycles. The Kier molecular flexibility index (Phi) is 9.23. The highest BCUT2D eigenvalue weighted by molar-refractivity contribution is 7.91. The Morgan fingerprint density at radius 1 is 1.00 bits per heavy atom. The summed E-state index contributed by atoms with van der Waals surface area (Å²) in [5.41, 5.74) is 1.21. The minimum atomic E-state index is -3.12. The Morgan fingerprint density at radius 3 is 2.13 bits per heavy atom. The second-order valence-corrected chi connectivity index (χ2v) is 8.51. The summed E-state index contributed by atoms with van der Waals surface area (Å²) in [5.74, 6) is 0.746. The second-order valence-electron chi connectivity index (χ2n) is 6.40. The smallest absolute Gasteiger partial charge is 0.178 e. The summed E-state index contributed by atoms with van der Waals surface area (Å²) in [6, 6.07) is 7.46. The molecule has 0 aromatic heterocycles. The van der Waals surface area contributed by atoms with Crippen LogP contribution in [0.2, 0.25) is 0 Å². The zero-order chi connectivity index (χ0) is 17.1. The van der Waals surface area contributed by atoms with Gasteiger partial charge in [0.2, 0.25) is 0 Å². The first-order valence-electron chi connectivity index (χ1n) is 8.95. The lowest BCUT2D eigenvalue weighted by molar-refractivity contribution is 0.581. The molecule has 1 aromatic rings. The van der Waals surface area contributed by atoms with Crippen LogP contribution in [-0.4, -0.2) is 14.2 Å². The van der Waals surface area contributed by atoms with Gasteiger partial charge in [0.1, 0.15) is 0 Å². The Morgan fingerprint density at radius 2 is 1.57 bits per heavy atom. The van der Waals surface area contributed by atoms with Crippen LogP contribution in [0.4, 0.5) is 0 Å². The van der Waals surface area contributed by atoms with E-state index in [1.807, 2.05) is 18.2 Å². The average molecular weight is 337 g/mol. The van der Waals surface area contributed by atoms with Gasteiger partial charge in [0.25, 0.3) is 0 Å². The molecular weight excluding hydrogens is 304 g/mol. The summed E-state index contributed by atoms with van der Waals surface area (Å²) < 4.78 is 24.7. The zero-order valence-electron chi connectivity index (χ0n) is 14.8. The Labute approximate surface area is 142 Å². The van der Waals surface area contributed by atoms with Crippen molar-refractivity contribution >= 4 is 9.84 Å². The van der Waals surface area contributed by atoms with Crippen molar-refractivity contribution in [3.8, 4) is 0 Å². The van der Waals surface area contributed by atoms with Gasteiger partial charge in [-0.25, -0.2) is 8.42 Å². The molecule has 0 aliphatic rings. The molecule has 0 bridgehead atoms. The van der Waals surface area contributed by atoms with Crippen LogP contribution in [0.15, 0.2) is 41.8 Å². The molecule has 130 valence electrons. The van der Waals surface area contributed by atoms with Gasteiger partial charge in [-0.1, -0.05) is 57.7 Å². The summed E-state index contributed by atoms with van der Waals surface area (Å²) in [6.45, 7) is 8.03. The van der Waals surface area contributed by atoms with Gasteiger partial charge in [-0.05, 0) is 49.3 Å². The Hall–Kier alpha value is -1.09. The molecular formula is C20H32O2S. The number of allylic oxidation sites excluding steroid dienone is 1. The lowest BCUT2D eigenvalue weighted by Gasteiger charge is -2.10. The van der Waals surface area contributed by atoms with E-state index in [2.05, 4.69) is 20.4 Å². The van der Waals surface area contributed by atoms with E-state index in [1.165, 1.54) is 24.8 Å². The molecule has 0 N–H and O–H groups in total. The normalized spacial score (nSPS) is 13.0. The molecule has 0 aliphatic carbocycles. The first kappa shape index (κ1) is 20.0. The van der Waals surface area contributed by atoms with Crippen LogP contribution in [0.3, 0.4) is 0 Å². The molecule has 0 radical (unpaired) electrons. The predicted molar refractivity (Wildman–Crippen MR) is 99.7 cm³/mol. The maximum absolute atomic E-state index is 12.3. The summed E-state index contributed by atoms with van der Waals surface area (Å²) in [7, 11) is -3.12. The van der Waals surface area contributed by atoms with E-state index in [0.717, 1.165) is 32.1 Å². The number of rotatable bonds is 12. The van der Waals surface area contributed by atoms with E-state index >= 15 is 0 Å². The number of hydrogen-bond acceptors (Lipinski definition) is 2. The van der Waals surface area contributed by atoms with Gasteiger partial charge >= 0.3 is 0 Å². The van der Waals surface area contributed by atoms with E-state index in [-0.39, 0.29) is 5.75 Å². The molecule has 0 amide bonds. The van der Waals surface area contributed by atoms with Crippen LogP contribution in [0.1, 0.15) is 76.7 Å². The predicted octanol–water partition coefficient (Wildman–Crippen LogP) is 5.89. The molecule has 0 fully saturated rings. The van der Waals surface area contributed by atoms with Crippen LogP contribution in [0, 0.1) is 0 Å². The standard InChI is InChI=1S/C20H32O2S/c1-4-6-7-8-9-10-11-12-17-23(21,22)20-15-13-19(14-16-20)18(3)5-2/h4,13-16,18H,1,5-12,17H2,2-3H3. The summed E-state index contributed by atoms with van der Waals surface area (Å²) >= 11 is 0. The van der Waals surface area contributed by atoms with Gasteiger partial charge in [-0.15, -0.1) is 6.58 Å². The molecule has 3 heteroatoms. The van der Waals surface area contributed by atoms with Crippen molar-refractivity contribution in [1.82, 2.24) is 0 Å². The average Bonchev–Trinajstić information content (AvgIpc) is 2.56. The molecule has 1 aromatic carbocycles. The first-order chi connectivity index (χ1) is 11.0. The lowest BCUT2D eigenvalue weighted by Crippen LogP contribution is -2.07. The van der Waals surface area contributed by atoms with E-state index in [4.69, 9.17) is 0 Å². The molecule has 0 heterocycles. The second kappa shape index (κ2) is 10.6. The molecule has 23 heavy (non-hydrogen) atoms. The molecule has 1 rings (SSSR count). The van der Waals surface area contributed by atoms with Crippen molar-refractivity contribution in [3.05, 3.63) is 42.5 Å². The van der Waals surface area contributed by atoms with Crippen LogP contribution < -0.4 is 0 Å². The van der Waals surface area contributed by atoms with Crippen molar-refractivity contribution < 1.29 is 8.42 Å². The molecule has 1 unspecified atom stereocenters. The summed E-state index contributed by atoms with van der Waals surface area (Å²) in [6.07, 6.45) is 10.6. The number of unbranched alkanes of at least 4 members (excludes halogenated alkanes) is 6. The van der Waals surface area contributed by atoms with Gasteiger partial charge in [-0.3, -0.25) is 0 Å². The molecule has 0 saturated heterocycles. The topological polar surface area (TPSA) is 34.1 Å². The van der Waals surface area contributed by atoms with Crippen molar-refractivity contribution in [2.24, 2.45) is 0 Å². The van der Waals surface area contributed by atoms with Crippen molar-refractivity contribution in [2.45, 2.75) is 76.0 Å². The van der Waals surface area contributed by atoms with Gasteiger partial charge < -0.3 is 0 Å². The quantitative estimate of drug-likeness (QED) is 0.352. The lowest BCUT2D eigenvalue weighted by atomic mass is 9.99. The van der Waals surface area contributed by atoms with Crippen molar-refractivity contribution in [2.75, 3.05) is 5.75 Å². The van der Waals surface area contributed by atoms with Crippen molar-refractivity contribution in [3.63, 3.8) is 0 Å². The zero-order valence-corrected chi connectivity index (χ0v) is 15.6. The largest absolute Gasteiger partial charge is 0.224 e. The highest BCUT2D eigenvalue weighted by Gasteiger charge is 2.14. The third-order valence-electron chi connectivity index (χ3n) is 4.49. The molecule has 0 saturated carbocycles. The Bertz CT molecular complexity index is 544. The van der Waals surface area contributed by atoms with E-state index in [9.17, 15) is 8.42 Å². The third kappa shape index (κ3) is 7.34. The number of sulfone groups is 1. The summed E-state index contributed by atoms with van der Waals surface area (Å²) in [4.78, 5) is 0.468. The first-order valence-corrected chi connectivity index (χ1v) is 10.6. The maximum Gasteiger partial charge on any atom is 0.178 e. The van der Waals surface area contributed by atoms with Gasteiger partial charge in [-0.2, -0.15) is 0 Å². The van der Waals surface area contributed by atoms with E-state index in [1.54, 1.807) is 12.1 Å². The minimum Gasteiger partial charge on any atom is -0.224 e. The van der Waals surface area contributed by atoms with Gasteiger partial charge in [0.05, 0.1) is 10.6 Å². The molecule has 0 spiro atoms. The van der Waals surface area contributed by atoms with Gasteiger partial charge in [0.15, 0.2) is 9.84 Å². The fourth-order valence-electron chi connectivity index (χ4n) is 2.65. The fraction of sp³-hybridized carbons (Fsp3) is 0.600. The van der Waals surface area contributed by atoms with Crippen LogP contribution in [0.5, 0.6) is 0 Å². The van der Waals surface area contributed by atoms with Crippen LogP contribution in [0.25, 0.3) is 0 Å². The van der Waals surface area contributed by atoms with Crippen LogP contribution >= 0.6 is 0 Å². The van der Waals surface area contributed by atoms with Crippen molar-refractivity contribution in [1.29, 1.82) is 0 Å². The minimum absolute atomic E-state index is 0.266. The monoisotopic (exact) mass is 336 g/mol. The number of benzene rings is 1. The van der Waals surface area contributed by atoms with E-state index in [0.29, 0.717) is 10.8 Å².